The molecule has 9 heteroatoms. The van der Waals surface area contributed by atoms with E-state index in [0.29, 0.717) is 11.1 Å². The summed E-state index contributed by atoms with van der Waals surface area (Å²) >= 11 is 0. The zero-order chi connectivity index (χ0) is 22.8. The number of aliphatic hydroxyl groups is 4. The topological polar surface area (TPSA) is 143 Å². The SMILES string of the molecule is O=C(OCCCO[C@@H]1O[C@H](CO)[C@@H](O)[C@H](O)[C@H]1O)c1ccc2c(c1)C(=O)c1ccccc1-2. The van der Waals surface area contributed by atoms with E-state index >= 15 is 0 Å². The summed E-state index contributed by atoms with van der Waals surface area (Å²) in [6.07, 6.45) is -6.46. The van der Waals surface area contributed by atoms with Crippen molar-refractivity contribution in [3.05, 3.63) is 59.2 Å². The normalized spacial score (nSPS) is 26.5. The molecule has 5 atom stereocenters. The van der Waals surface area contributed by atoms with Gasteiger partial charge in [0.2, 0.25) is 0 Å². The number of aliphatic hydroxyl groups excluding tert-OH is 4. The lowest BCUT2D eigenvalue weighted by molar-refractivity contribution is -0.301. The van der Waals surface area contributed by atoms with Crippen molar-refractivity contribution in [1.29, 1.82) is 0 Å². The molecule has 1 fully saturated rings. The van der Waals surface area contributed by atoms with Crippen molar-refractivity contribution in [3.8, 4) is 11.1 Å². The third-order valence-corrected chi connectivity index (χ3v) is 5.61. The van der Waals surface area contributed by atoms with E-state index in [9.17, 15) is 30.0 Å². The zero-order valence-corrected chi connectivity index (χ0v) is 17.1. The summed E-state index contributed by atoms with van der Waals surface area (Å²) in [5.41, 5.74) is 2.97. The molecule has 0 aromatic heterocycles. The van der Waals surface area contributed by atoms with Gasteiger partial charge in [0.25, 0.3) is 0 Å². The highest BCUT2D eigenvalue weighted by atomic mass is 16.7. The van der Waals surface area contributed by atoms with Crippen LogP contribution in [0.1, 0.15) is 32.7 Å². The maximum Gasteiger partial charge on any atom is 0.338 e. The van der Waals surface area contributed by atoms with Crippen LogP contribution in [0.2, 0.25) is 0 Å². The number of benzene rings is 2. The minimum absolute atomic E-state index is 0.0154. The second-order valence-corrected chi connectivity index (χ2v) is 7.69. The molecule has 1 aliphatic heterocycles. The van der Waals surface area contributed by atoms with Crippen molar-refractivity contribution >= 4 is 11.8 Å². The van der Waals surface area contributed by atoms with E-state index in [1.54, 1.807) is 24.3 Å². The second-order valence-electron chi connectivity index (χ2n) is 7.69. The van der Waals surface area contributed by atoms with Gasteiger partial charge in [0.05, 0.1) is 25.4 Å². The van der Waals surface area contributed by atoms with Crippen molar-refractivity contribution in [2.75, 3.05) is 19.8 Å². The molecule has 32 heavy (non-hydrogen) atoms. The molecule has 9 nitrogen and oxygen atoms in total. The van der Waals surface area contributed by atoms with Gasteiger partial charge in [-0.1, -0.05) is 30.3 Å². The first-order chi connectivity index (χ1) is 15.4. The lowest BCUT2D eigenvalue weighted by Crippen LogP contribution is -2.59. The standard InChI is InChI=1S/C23H24O9/c24-11-17-19(26)20(27)21(28)23(32-17)31-9-3-8-30-22(29)12-6-7-14-13-4-1-2-5-15(13)18(25)16(14)10-12/h1-2,4-7,10,17,19-21,23-24,26-28H,3,8-9,11H2/t17-,19-,20+,21-,23-/m1/s1. The van der Waals surface area contributed by atoms with Crippen LogP contribution < -0.4 is 0 Å². The zero-order valence-electron chi connectivity index (χ0n) is 17.1. The first-order valence-electron chi connectivity index (χ1n) is 10.3. The van der Waals surface area contributed by atoms with Crippen LogP contribution in [0, 0.1) is 0 Å². The van der Waals surface area contributed by atoms with Crippen molar-refractivity contribution in [1.82, 2.24) is 0 Å². The van der Waals surface area contributed by atoms with E-state index in [4.69, 9.17) is 14.2 Å². The molecule has 0 unspecified atom stereocenters. The van der Waals surface area contributed by atoms with Crippen molar-refractivity contribution in [2.24, 2.45) is 0 Å². The minimum Gasteiger partial charge on any atom is -0.462 e. The van der Waals surface area contributed by atoms with Crippen molar-refractivity contribution in [2.45, 2.75) is 37.1 Å². The molecule has 1 heterocycles. The molecule has 2 aromatic rings. The van der Waals surface area contributed by atoms with E-state index in [0.717, 1.165) is 11.1 Å². The molecular weight excluding hydrogens is 420 g/mol. The fraction of sp³-hybridized carbons (Fsp3) is 0.391. The van der Waals surface area contributed by atoms with Crippen LogP contribution in [0.4, 0.5) is 0 Å². The van der Waals surface area contributed by atoms with Crippen LogP contribution in [0.25, 0.3) is 11.1 Å². The highest BCUT2D eigenvalue weighted by molar-refractivity contribution is 6.22. The number of ether oxygens (including phenoxy) is 3. The number of esters is 1. The molecule has 2 aromatic carbocycles. The number of ketones is 1. The Bertz CT molecular complexity index is 1000. The van der Waals surface area contributed by atoms with Gasteiger partial charge in [-0.3, -0.25) is 4.79 Å². The molecule has 170 valence electrons. The van der Waals surface area contributed by atoms with E-state index in [2.05, 4.69) is 0 Å². The molecule has 0 radical (unpaired) electrons. The first kappa shape index (κ1) is 22.5. The molecule has 0 amide bonds. The van der Waals surface area contributed by atoms with Gasteiger partial charge in [0.15, 0.2) is 12.1 Å². The summed E-state index contributed by atoms with van der Waals surface area (Å²) < 4.78 is 15.8. The average molecular weight is 444 g/mol. The van der Waals surface area contributed by atoms with Crippen molar-refractivity contribution < 1.29 is 44.2 Å². The Hall–Kier alpha value is -2.66. The van der Waals surface area contributed by atoms with Gasteiger partial charge in [-0.05, 0) is 23.3 Å². The smallest absolute Gasteiger partial charge is 0.338 e. The number of hydrogen-bond acceptors (Lipinski definition) is 9. The monoisotopic (exact) mass is 444 g/mol. The van der Waals surface area contributed by atoms with Gasteiger partial charge in [-0.2, -0.15) is 0 Å². The molecule has 0 saturated carbocycles. The molecule has 4 N–H and O–H groups in total. The largest absolute Gasteiger partial charge is 0.462 e. The van der Waals surface area contributed by atoms with E-state index in [1.165, 1.54) is 6.07 Å². The number of carbonyl (C=O) groups is 2. The Morgan fingerprint density at radius 2 is 1.62 bits per heavy atom. The van der Waals surface area contributed by atoms with Gasteiger partial charge >= 0.3 is 5.97 Å². The van der Waals surface area contributed by atoms with E-state index < -0.39 is 43.3 Å². The van der Waals surface area contributed by atoms with Crippen LogP contribution in [0.3, 0.4) is 0 Å². The van der Waals surface area contributed by atoms with Gasteiger partial charge in [-0.25, -0.2) is 4.79 Å². The highest BCUT2D eigenvalue weighted by Crippen LogP contribution is 2.36. The molecule has 2 aliphatic rings. The van der Waals surface area contributed by atoms with Crippen LogP contribution in [-0.2, 0) is 14.2 Å². The third kappa shape index (κ3) is 4.18. The first-order valence-corrected chi connectivity index (χ1v) is 10.3. The second kappa shape index (κ2) is 9.45. The Morgan fingerprint density at radius 1 is 0.906 bits per heavy atom. The maximum absolute atomic E-state index is 12.6. The molecule has 0 spiro atoms. The Morgan fingerprint density at radius 3 is 2.38 bits per heavy atom. The predicted octanol–water partition coefficient (Wildman–Crippen LogP) is 0.261. The van der Waals surface area contributed by atoms with Crippen LogP contribution in [0.5, 0.6) is 0 Å². The molecule has 1 saturated heterocycles. The molecule has 0 bridgehead atoms. The summed E-state index contributed by atoms with van der Waals surface area (Å²) in [4.78, 5) is 25.0. The van der Waals surface area contributed by atoms with Crippen LogP contribution >= 0.6 is 0 Å². The number of hydrogen-bond donors (Lipinski definition) is 4. The highest BCUT2D eigenvalue weighted by Gasteiger charge is 2.43. The fourth-order valence-electron chi connectivity index (χ4n) is 3.87. The molecular formula is C23H24O9. The van der Waals surface area contributed by atoms with Gasteiger partial charge in [0.1, 0.15) is 24.4 Å². The Labute approximate surface area is 183 Å². The lowest BCUT2D eigenvalue weighted by atomic mass is 9.99. The Kier molecular flexibility index (Phi) is 6.66. The Balaban J connectivity index is 1.27. The minimum atomic E-state index is -1.52. The quantitative estimate of drug-likeness (QED) is 0.298. The molecule has 4 rings (SSSR count). The van der Waals surface area contributed by atoms with Crippen LogP contribution in [-0.4, -0.2) is 82.7 Å². The predicted molar refractivity (Wildman–Crippen MR) is 110 cm³/mol. The van der Waals surface area contributed by atoms with Gasteiger partial charge in [0, 0.05) is 17.5 Å². The van der Waals surface area contributed by atoms with Crippen molar-refractivity contribution in [3.63, 3.8) is 0 Å². The summed E-state index contributed by atoms with van der Waals surface area (Å²) in [5.74, 6) is -0.706. The number of fused-ring (bicyclic) bond motifs is 3. The van der Waals surface area contributed by atoms with Gasteiger partial charge < -0.3 is 34.6 Å². The molecule has 1 aliphatic carbocycles. The summed E-state index contributed by atoms with van der Waals surface area (Å²) in [6, 6.07) is 12.2. The van der Waals surface area contributed by atoms with E-state index in [1.807, 2.05) is 12.1 Å². The summed E-state index contributed by atoms with van der Waals surface area (Å²) in [5, 5.41) is 38.6. The fourth-order valence-corrected chi connectivity index (χ4v) is 3.87. The number of carbonyl (C=O) groups excluding carboxylic acids is 2. The number of rotatable bonds is 7. The van der Waals surface area contributed by atoms with Gasteiger partial charge in [-0.15, -0.1) is 0 Å². The lowest BCUT2D eigenvalue weighted by Gasteiger charge is -2.39. The van der Waals surface area contributed by atoms with E-state index in [-0.39, 0.29) is 31.0 Å². The summed E-state index contributed by atoms with van der Waals surface area (Å²) in [6.45, 7) is -0.494. The third-order valence-electron chi connectivity index (χ3n) is 5.61. The average Bonchev–Trinajstić information content (AvgIpc) is 3.10. The maximum atomic E-state index is 12.6. The van der Waals surface area contributed by atoms with Crippen LogP contribution in [0.15, 0.2) is 42.5 Å². The summed E-state index contributed by atoms with van der Waals surface area (Å²) in [7, 11) is 0.